The first-order valence-electron chi connectivity index (χ1n) is 23.0. The van der Waals surface area contributed by atoms with Gasteiger partial charge in [0.1, 0.15) is 0 Å². The lowest BCUT2D eigenvalue weighted by atomic mass is 9.86. The molecule has 0 saturated heterocycles. The number of rotatable bonds is 11. The molecular weight excluding hydrogens is 799 g/mol. The normalized spacial score (nSPS) is 11.9. The highest BCUT2D eigenvalue weighted by Gasteiger charge is 2.41. The topological polar surface area (TPSA) is 3.24 Å². The molecule has 9 aromatic carbocycles. The van der Waals surface area contributed by atoms with Gasteiger partial charge < -0.3 is 4.90 Å². The minimum absolute atomic E-state index is 0.122. The van der Waals surface area contributed by atoms with Crippen molar-refractivity contribution in [3.05, 3.63) is 259 Å². The summed E-state index contributed by atoms with van der Waals surface area (Å²) in [5.41, 5.74) is 13.7. The molecule has 65 heavy (non-hydrogen) atoms. The van der Waals surface area contributed by atoms with Gasteiger partial charge >= 0.3 is 0 Å². The van der Waals surface area contributed by atoms with Crippen LogP contribution in [0.25, 0.3) is 22.3 Å². The third-order valence-corrected chi connectivity index (χ3v) is 17.8. The molecule has 0 bridgehead atoms. The van der Waals surface area contributed by atoms with Crippen LogP contribution < -0.4 is 25.6 Å². The Morgan fingerprint density at radius 3 is 0.862 bits per heavy atom. The van der Waals surface area contributed by atoms with Crippen LogP contribution in [-0.4, -0.2) is 8.07 Å². The zero-order valence-corrected chi connectivity index (χ0v) is 39.7. The molecule has 0 amide bonds. The van der Waals surface area contributed by atoms with E-state index in [1.807, 2.05) is 0 Å². The Kier molecular flexibility index (Phi) is 12.1. The van der Waals surface area contributed by atoms with Gasteiger partial charge in [-0.1, -0.05) is 242 Å². The number of benzene rings is 9. The Hall–Kier alpha value is -7.00. The molecule has 0 aliphatic rings. The van der Waals surface area contributed by atoms with Gasteiger partial charge in [-0.05, 0) is 119 Å². The predicted molar refractivity (Wildman–Crippen MR) is 282 cm³/mol. The molecule has 0 radical (unpaired) electrons. The van der Waals surface area contributed by atoms with E-state index < -0.39 is 8.07 Å². The van der Waals surface area contributed by atoms with Crippen molar-refractivity contribution in [2.45, 2.75) is 58.8 Å². The van der Waals surface area contributed by atoms with Crippen LogP contribution in [0.2, 0.25) is 0 Å². The summed E-state index contributed by atoms with van der Waals surface area (Å²) >= 11 is 0. The molecule has 0 heterocycles. The van der Waals surface area contributed by atoms with Gasteiger partial charge in [-0.2, -0.15) is 0 Å². The number of nitrogens with zero attached hydrogens (tertiary/aromatic N) is 1. The van der Waals surface area contributed by atoms with Crippen LogP contribution in [0.3, 0.4) is 0 Å². The van der Waals surface area contributed by atoms with E-state index in [0.29, 0.717) is 0 Å². The van der Waals surface area contributed by atoms with E-state index in [4.69, 9.17) is 0 Å². The first kappa shape index (κ1) is 43.3. The van der Waals surface area contributed by atoms with Gasteiger partial charge in [-0.3, -0.25) is 0 Å². The SMILES string of the molecule is CC(C)(C)c1ccc(-c2ccc(N(c3ccc(Cc4ccc([Si](c5ccccc5)(c5ccccc5)c5ccccc5)cc4)cc3)c3ccc(-c4ccc(C(C)(C)C)cc4)cc3)cc2)cc1. The highest BCUT2D eigenvalue weighted by atomic mass is 28.3. The Morgan fingerprint density at radius 2 is 0.554 bits per heavy atom. The molecule has 0 saturated carbocycles. The average molecular weight is 858 g/mol. The van der Waals surface area contributed by atoms with Crippen LogP contribution in [0.4, 0.5) is 17.1 Å². The number of hydrogen-bond acceptors (Lipinski definition) is 1. The van der Waals surface area contributed by atoms with Gasteiger partial charge in [0.2, 0.25) is 0 Å². The molecule has 0 fully saturated rings. The lowest BCUT2D eigenvalue weighted by Crippen LogP contribution is -2.74. The van der Waals surface area contributed by atoms with Gasteiger partial charge in [0.25, 0.3) is 0 Å². The third kappa shape index (κ3) is 9.19. The quantitative estimate of drug-likeness (QED) is 0.0925. The molecule has 0 atom stereocenters. The molecular formula is C63H59NSi. The second-order valence-corrected chi connectivity index (χ2v) is 23.3. The molecule has 9 aromatic rings. The average Bonchev–Trinajstić information content (AvgIpc) is 3.34. The Morgan fingerprint density at radius 1 is 0.292 bits per heavy atom. The summed E-state index contributed by atoms with van der Waals surface area (Å²) in [4.78, 5) is 2.37. The molecule has 0 aliphatic heterocycles. The zero-order valence-electron chi connectivity index (χ0n) is 38.7. The molecule has 9 rings (SSSR count). The minimum Gasteiger partial charge on any atom is -0.311 e. The highest BCUT2D eigenvalue weighted by Crippen LogP contribution is 2.38. The summed E-state index contributed by atoms with van der Waals surface area (Å²) in [6.45, 7) is 13.6. The van der Waals surface area contributed by atoms with Crippen molar-refractivity contribution in [3.8, 4) is 22.3 Å². The van der Waals surface area contributed by atoms with Crippen LogP contribution in [0.15, 0.2) is 237 Å². The largest absolute Gasteiger partial charge is 0.311 e. The van der Waals surface area contributed by atoms with Crippen LogP contribution in [0.5, 0.6) is 0 Å². The van der Waals surface area contributed by atoms with E-state index in [1.54, 1.807) is 0 Å². The predicted octanol–water partition coefficient (Wildman–Crippen LogP) is 14.1. The van der Waals surface area contributed by atoms with Gasteiger partial charge in [0.15, 0.2) is 8.07 Å². The fraction of sp³-hybridized carbons (Fsp3) is 0.143. The Balaban J connectivity index is 1.02. The Bertz CT molecular complexity index is 2730. The van der Waals surface area contributed by atoms with Crippen molar-refractivity contribution in [3.63, 3.8) is 0 Å². The first-order valence-corrected chi connectivity index (χ1v) is 25.0. The second kappa shape index (κ2) is 18.2. The van der Waals surface area contributed by atoms with Crippen molar-refractivity contribution in [1.82, 2.24) is 0 Å². The minimum atomic E-state index is -2.57. The summed E-state index contributed by atoms with van der Waals surface area (Å²) in [5, 5.41) is 5.55. The van der Waals surface area contributed by atoms with E-state index >= 15 is 0 Å². The summed E-state index contributed by atoms with van der Waals surface area (Å²) in [7, 11) is -2.57. The smallest absolute Gasteiger partial charge is 0.179 e. The number of anilines is 3. The van der Waals surface area contributed by atoms with Gasteiger partial charge in [-0.25, -0.2) is 0 Å². The van der Waals surface area contributed by atoms with Crippen molar-refractivity contribution in [2.24, 2.45) is 0 Å². The Labute approximate surface area is 388 Å². The van der Waals surface area contributed by atoms with Gasteiger partial charge in [-0.15, -0.1) is 0 Å². The van der Waals surface area contributed by atoms with E-state index in [1.165, 1.54) is 65.3 Å². The van der Waals surface area contributed by atoms with Crippen LogP contribution in [-0.2, 0) is 17.3 Å². The van der Waals surface area contributed by atoms with Crippen molar-refractivity contribution < 1.29 is 0 Å². The van der Waals surface area contributed by atoms with E-state index in [-0.39, 0.29) is 10.8 Å². The standard InChI is InChI=1S/C63H59NSi/c1-62(2,3)53-34-26-49(27-35-53)51-30-40-56(41-31-51)64(57-42-32-52(33-43-57)50-28-36-54(37-29-50)63(4,5)6)55-38-22-47(23-39-55)46-48-24-44-61(45-25-48)65(58-16-10-7-11-17-58,59-18-12-8-13-19-59)60-20-14-9-15-21-60/h7-45H,46H2,1-6H3. The highest BCUT2D eigenvalue weighted by molar-refractivity contribution is 7.19. The van der Waals surface area contributed by atoms with Crippen LogP contribution >= 0.6 is 0 Å². The van der Waals surface area contributed by atoms with Crippen molar-refractivity contribution in [1.29, 1.82) is 0 Å². The molecule has 0 spiro atoms. The van der Waals surface area contributed by atoms with Crippen molar-refractivity contribution in [2.75, 3.05) is 4.90 Å². The molecule has 0 aliphatic carbocycles. The summed E-state index contributed by atoms with van der Waals surface area (Å²) in [5.74, 6) is 0. The van der Waals surface area contributed by atoms with Crippen molar-refractivity contribution >= 4 is 45.9 Å². The lowest BCUT2D eigenvalue weighted by molar-refractivity contribution is 0.590. The third-order valence-electron chi connectivity index (χ3n) is 13.0. The monoisotopic (exact) mass is 857 g/mol. The van der Waals surface area contributed by atoms with Crippen LogP contribution in [0.1, 0.15) is 63.8 Å². The fourth-order valence-corrected chi connectivity index (χ4v) is 14.1. The van der Waals surface area contributed by atoms with Gasteiger partial charge in [0.05, 0.1) is 0 Å². The summed E-state index contributed by atoms with van der Waals surface area (Å²) in [6.07, 6.45) is 0.850. The maximum absolute atomic E-state index is 2.57. The summed E-state index contributed by atoms with van der Waals surface area (Å²) < 4.78 is 0. The maximum Gasteiger partial charge on any atom is 0.179 e. The molecule has 0 N–H and O–H groups in total. The van der Waals surface area contributed by atoms with Crippen LogP contribution in [0, 0.1) is 0 Å². The molecule has 0 unspecified atom stereocenters. The number of hydrogen-bond donors (Lipinski definition) is 0. The molecule has 320 valence electrons. The molecule has 1 nitrogen and oxygen atoms in total. The van der Waals surface area contributed by atoms with E-state index in [2.05, 4.69) is 283 Å². The fourth-order valence-electron chi connectivity index (χ4n) is 9.31. The molecule has 2 heteroatoms. The molecule has 0 aromatic heterocycles. The second-order valence-electron chi connectivity index (χ2n) is 19.5. The maximum atomic E-state index is 2.40. The zero-order chi connectivity index (χ0) is 45.0. The first-order chi connectivity index (χ1) is 31.5. The lowest BCUT2D eigenvalue weighted by Gasteiger charge is -2.34. The summed E-state index contributed by atoms with van der Waals surface area (Å²) in [6, 6.07) is 88.2. The van der Waals surface area contributed by atoms with Gasteiger partial charge in [0, 0.05) is 17.1 Å². The van der Waals surface area contributed by atoms with E-state index in [9.17, 15) is 0 Å². The van der Waals surface area contributed by atoms with E-state index in [0.717, 1.165) is 23.5 Å².